The van der Waals surface area contributed by atoms with Gasteiger partial charge in [0.2, 0.25) is 0 Å². The molecule has 0 aromatic heterocycles. The second kappa shape index (κ2) is 7.18. The summed E-state index contributed by atoms with van der Waals surface area (Å²) in [4.78, 5) is 9.35. The fraction of sp³-hybridized carbons (Fsp3) is 0.300. The summed E-state index contributed by atoms with van der Waals surface area (Å²) in [5.74, 6) is 5.83. The summed E-state index contributed by atoms with van der Waals surface area (Å²) < 4.78 is 10.2. The third-order valence-corrected chi connectivity index (χ3v) is 1.91. The first-order chi connectivity index (χ1) is 7.96. The SMILES string of the molecule is COc1cc(C)c(N)cc1OC.NNC(N)=O. The minimum absolute atomic E-state index is 0.667. The number of carbonyl (C=O) groups excluding carboxylic acids is 1. The minimum atomic E-state index is -0.718. The molecule has 17 heavy (non-hydrogen) atoms. The summed E-state index contributed by atoms with van der Waals surface area (Å²) in [6.07, 6.45) is 0. The maximum atomic E-state index is 9.35. The van der Waals surface area contributed by atoms with E-state index in [2.05, 4.69) is 11.6 Å². The topological polar surface area (TPSA) is 126 Å². The standard InChI is InChI=1S/C9H13NO2.CH5N3O/c1-6-4-8(11-2)9(12-3)5-7(6)10;2-1(5)4-3/h4-5H,10H2,1-3H3;3H2,(H3,2,4,5). The molecule has 1 aromatic carbocycles. The summed E-state index contributed by atoms with van der Waals surface area (Å²) in [6.45, 7) is 1.93. The molecule has 96 valence electrons. The highest BCUT2D eigenvalue weighted by Gasteiger charge is 2.05. The zero-order valence-electron chi connectivity index (χ0n) is 10.1. The maximum absolute atomic E-state index is 9.35. The van der Waals surface area contributed by atoms with Gasteiger partial charge in [-0.25, -0.2) is 10.6 Å². The molecule has 7 nitrogen and oxygen atoms in total. The van der Waals surface area contributed by atoms with Crippen LogP contribution in [0.25, 0.3) is 0 Å². The largest absolute Gasteiger partial charge is 0.493 e. The predicted octanol–water partition coefficient (Wildman–Crippen LogP) is 0.123. The van der Waals surface area contributed by atoms with Crippen LogP contribution in [0, 0.1) is 6.92 Å². The smallest absolute Gasteiger partial charge is 0.326 e. The van der Waals surface area contributed by atoms with Crippen LogP contribution < -0.4 is 32.2 Å². The monoisotopic (exact) mass is 242 g/mol. The predicted molar refractivity (Wildman–Crippen MR) is 65.6 cm³/mol. The van der Waals surface area contributed by atoms with E-state index in [9.17, 15) is 4.79 Å². The minimum Gasteiger partial charge on any atom is -0.493 e. The number of nitrogens with one attached hydrogen (secondary N) is 1. The van der Waals surface area contributed by atoms with Crippen molar-refractivity contribution in [1.29, 1.82) is 0 Å². The van der Waals surface area contributed by atoms with Gasteiger partial charge in [-0.2, -0.15) is 0 Å². The summed E-state index contributed by atoms with van der Waals surface area (Å²) in [5.41, 5.74) is 13.5. The first kappa shape index (κ1) is 14.8. The molecule has 0 heterocycles. The number of methoxy groups -OCH3 is 2. The van der Waals surface area contributed by atoms with Crippen molar-refractivity contribution in [3.05, 3.63) is 17.7 Å². The van der Waals surface area contributed by atoms with Gasteiger partial charge in [0.15, 0.2) is 11.5 Å². The lowest BCUT2D eigenvalue weighted by Gasteiger charge is -2.09. The van der Waals surface area contributed by atoms with Gasteiger partial charge in [0.25, 0.3) is 0 Å². The number of hydrogen-bond donors (Lipinski definition) is 4. The number of ether oxygens (including phenoxy) is 2. The lowest BCUT2D eigenvalue weighted by molar-refractivity contribution is 0.249. The second-order valence-corrected chi connectivity index (χ2v) is 3.07. The number of amides is 2. The van der Waals surface area contributed by atoms with Crippen LogP contribution in [0.1, 0.15) is 5.56 Å². The molecule has 1 aromatic rings. The van der Waals surface area contributed by atoms with Crippen molar-refractivity contribution in [3.63, 3.8) is 0 Å². The summed E-state index contributed by atoms with van der Waals surface area (Å²) in [7, 11) is 3.19. The van der Waals surface area contributed by atoms with Crippen LogP contribution in [0.3, 0.4) is 0 Å². The lowest BCUT2D eigenvalue weighted by Crippen LogP contribution is -2.34. The van der Waals surface area contributed by atoms with Gasteiger partial charge in [-0.05, 0) is 18.6 Å². The molecule has 0 fully saturated rings. The van der Waals surface area contributed by atoms with Crippen LogP contribution >= 0.6 is 0 Å². The zero-order valence-corrected chi connectivity index (χ0v) is 10.1. The Balaban J connectivity index is 0.000000437. The highest BCUT2D eigenvalue weighted by molar-refractivity contribution is 5.70. The maximum Gasteiger partial charge on any atom is 0.326 e. The van der Waals surface area contributed by atoms with E-state index in [0.717, 1.165) is 5.56 Å². The van der Waals surface area contributed by atoms with E-state index in [1.807, 2.05) is 13.0 Å². The van der Waals surface area contributed by atoms with Crippen molar-refractivity contribution in [3.8, 4) is 11.5 Å². The summed E-state index contributed by atoms with van der Waals surface area (Å²) in [6, 6.07) is 2.90. The second-order valence-electron chi connectivity index (χ2n) is 3.07. The molecule has 0 aliphatic heterocycles. The van der Waals surface area contributed by atoms with Crippen molar-refractivity contribution < 1.29 is 14.3 Å². The number of anilines is 1. The Labute approximate surface area is 99.8 Å². The molecule has 0 saturated heterocycles. The van der Waals surface area contributed by atoms with Gasteiger partial charge < -0.3 is 20.9 Å². The molecule has 0 atom stereocenters. The molecule has 2 amide bonds. The van der Waals surface area contributed by atoms with Crippen LogP contribution in [0.15, 0.2) is 12.1 Å². The van der Waals surface area contributed by atoms with Gasteiger partial charge >= 0.3 is 6.03 Å². The Morgan fingerprint density at radius 3 is 2.00 bits per heavy atom. The van der Waals surface area contributed by atoms with Crippen LogP contribution in [0.2, 0.25) is 0 Å². The molecule has 0 aliphatic rings. The van der Waals surface area contributed by atoms with Crippen molar-refractivity contribution in [2.24, 2.45) is 11.6 Å². The molecule has 0 bridgehead atoms. The van der Waals surface area contributed by atoms with Crippen LogP contribution in [0.5, 0.6) is 11.5 Å². The Bertz CT molecular complexity index is 353. The first-order valence-corrected chi connectivity index (χ1v) is 4.70. The molecule has 0 radical (unpaired) electrons. The lowest BCUT2D eigenvalue weighted by atomic mass is 10.2. The van der Waals surface area contributed by atoms with Crippen molar-refractivity contribution >= 4 is 11.7 Å². The highest BCUT2D eigenvalue weighted by atomic mass is 16.5. The third-order valence-electron chi connectivity index (χ3n) is 1.91. The van der Waals surface area contributed by atoms with Gasteiger partial charge in [0.05, 0.1) is 14.2 Å². The van der Waals surface area contributed by atoms with E-state index < -0.39 is 6.03 Å². The quantitative estimate of drug-likeness (QED) is 0.254. The number of primary amides is 1. The first-order valence-electron chi connectivity index (χ1n) is 4.70. The molecule has 0 saturated carbocycles. The van der Waals surface area contributed by atoms with Crippen LogP contribution in [-0.4, -0.2) is 20.3 Å². The normalized spacial score (nSPS) is 8.71. The molecular formula is C10H18N4O3. The van der Waals surface area contributed by atoms with Crippen molar-refractivity contribution in [2.45, 2.75) is 6.92 Å². The molecule has 7 heteroatoms. The number of hydrazine groups is 1. The van der Waals surface area contributed by atoms with Gasteiger partial charge in [-0.15, -0.1) is 0 Å². The number of rotatable bonds is 2. The van der Waals surface area contributed by atoms with E-state index in [-0.39, 0.29) is 0 Å². The summed E-state index contributed by atoms with van der Waals surface area (Å²) in [5, 5.41) is 0. The van der Waals surface area contributed by atoms with Gasteiger partial charge in [-0.1, -0.05) is 0 Å². The van der Waals surface area contributed by atoms with E-state index in [1.165, 1.54) is 0 Å². The Hall–Kier alpha value is -2.15. The van der Waals surface area contributed by atoms with E-state index >= 15 is 0 Å². The van der Waals surface area contributed by atoms with Gasteiger partial charge in [0.1, 0.15) is 0 Å². The Morgan fingerprint density at radius 2 is 1.65 bits per heavy atom. The van der Waals surface area contributed by atoms with E-state index in [4.69, 9.17) is 15.2 Å². The third kappa shape index (κ3) is 4.94. The number of urea groups is 1. The average Bonchev–Trinajstić information content (AvgIpc) is 2.32. The Kier molecular flexibility index (Phi) is 6.27. The number of carbonyl (C=O) groups is 1. The number of aryl methyl sites for hydroxylation is 1. The fourth-order valence-corrected chi connectivity index (χ4v) is 0.996. The molecule has 0 unspecified atom stereocenters. The van der Waals surface area contributed by atoms with Crippen LogP contribution in [-0.2, 0) is 0 Å². The average molecular weight is 242 g/mol. The van der Waals surface area contributed by atoms with Crippen molar-refractivity contribution in [2.75, 3.05) is 20.0 Å². The molecule has 1 rings (SSSR count). The number of nitrogen functional groups attached to an aromatic ring is 1. The molecule has 7 N–H and O–H groups in total. The highest BCUT2D eigenvalue weighted by Crippen LogP contribution is 2.31. The molecule has 0 aliphatic carbocycles. The molecular weight excluding hydrogens is 224 g/mol. The van der Waals surface area contributed by atoms with Gasteiger partial charge in [0, 0.05) is 11.8 Å². The molecule has 0 spiro atoms. The zero-order chi connectivity index (χ0) is 13.4. The summed E-state index contributed by atoms with van der Waals surface area (Å²) >= 11 is 0. The van der Waals surface area contributed by atoms with E-state index in [0.29, 0.717) is 17.2 Å². The van der Waals surface area contributed by atoms with Gasteiger partial charge in [-0.3, -0.25) is 5.43 Å². The van der Waals surface area contributed by atoms with Crippen molar-refractivity contribution in [1.82, 2.24) is 5.43 Å². The number of hydrogen-bond acceptors (Lipinski definition) is 5. The van der Waals surface area contributed by atoms with E-state index in [1.54, 1.807) is 25.7 Å². The van der Waals surface area contributed by atoms with Crippen LogP contribution in [0.4, 0.5) is 10.5 Å². The fourth-order valence-electron chi connectivity index (χ4n) is 0.996. The Morgan fingerprint density at radius 1 is 1.24 bits per heavy atom. The number of benzene rings is 1. The number of nitrogens with two attached hydrogens (primary N) is 3.